The Labute approximate surface area is 69.0 Å². The van der Waals surface area contributed by atoms with Crippen molar-refractivity contribution in [1.29, 1.82) is 0 Å². The molecule has 0 radical (unpaired) electrons. The van der Waals surface area contributed by atoms with Gasteiger partial charge in [-0.25, -0.2) is 9.79 Å². The van der Waals surface area contributed by atoms with Crippen LogP contribution in [0.1, 0.15) is 13.8 Å². The molecule has 0 aromatic heterocycles. The molecule has 5 heteroatoms. The lowest BCUT2D eigenvalue weighted by Gasteiger charge is -2.14. The number of aliphatic imine (C=N–C) groups is 1. The summed E-state index contributed by atoms with van der Waals surface area (Å²) >= 11 is 0. The molecule has 1 atom stereocenters. The van der Waals surface area contributed by atoms with Crippen molar-refractivity contribution in [3.63, 3.8) is 0 Å². The molecule has 12 heavy (non-hydrogen) atoms. The van der Waals surface area contributed by atoms with Crippen molar-refractivity contribution in [2.45, 2.75) is 25.7 Å². The zero-order chi connectivity index (χ0) is 9.35. The second-order valence-electron chi connectivity index (χ2n) is 2.94. The van der Waals surface area contributed by atoms with Crippen LogP contribution in [0.15, 0.2) is 4.99 Å². The van der Waals surface area contributed by atoms with E-state index in [1.54, 1.807) is 13.8 Å². The summed E-state index contributed by atoms with van der Waals surface area (Å²) in [5.41, 5.74) is -0.966. The Balaban J connectivity index is 2.91. The maximum atomic E-state index is 10.5. The molecule has 0 saturated carbocycles. The van der Waals surface area contributed by atoms with Crippen LogP contribution in [-0.4, -0.2) is 34.9 Å². The van der Waals surface area contributed by atoms with Crippen LogP contribution in [0.2, 0.25) is 0 Å². The fraction of sp³-hybridized carbons (Fsp3) is 0.571. The largest absolute Gasteiger partial charge is 0.479 e. The lowest BCUT2D eigenvalue weighted by Crippen LogP contribution is -2.32. The van der Waals surface area contributed by atoms with Crippen LogP contribution in [0.3, 0.4) is 0 Å². The average Bonchev–Trinajstić information content (AvgIpc) is 2.25. The number of aliphatic carboxylic acids is 1. The monoisotopic (exact) mass is 171 g/mol. The minimum absolute atomic E-state index is 0.0625. The van der Waals surface area contributed by atoms with E-state index in [9.17, 15) is 9.59 Å². The van der Waals surface area contributed by atoms with Crippen LogP contribution in [-0.2, 0) is 14.3 Å². The first-order valence-electron chi connectivity index (χ1n) is 3.42. The predicted octanol–water partition coefficient (Wildman–Crippen LogP) is -0.154. The van der Waals surface area contributed by atoms with E-state index in [4.69, 9.17) is 9.84 Å². The van der Waals surface area contributed by atoms with E-state index in [2.05, 4.69) is 4.99 Å². The summed E-state index contributed by atoms with van der Waals surface area (Å²) in [5.74, 6) is -1.19. The van der Waals surface area contributed by atoms with Crippen molar-refractivity contribution in [3.05, 3.63) is 0 Å². The van der Waals surface area contributed by atoms with E-state index in [-0.39, 0.29) is 5.71 Å². The first-order valence-corrected chi connectivity index (χ1v) is 3.42. The second-order valence-corrected chi connectivity index (χ2v) is 2.94. The van der Waals surface area contributed by atoms with Crippen LogP contribution in [0.5, 0.6) is 0 Å². The molecule has 0 spiro atoms. The topological polar surface area (TPSA) is 76.0 Å². The quantitative estimate of drug-likeness (QED) is 0.586. The van der Waals surface area contributed by atoms with E-state index < -0.39 is 17.8 Å². The summed E-state index contributed by atoms with van der Waals surface area (Å²) in [7, 11) is 0. The van der Waals surface area contributed by atoms with Crippen molar-refractivity contribution in [2.75, 3.05) is 0 Å². The normalized spacial score (nSPS) is 26.5. The molecule has 1 aliphatic rings. The predicted molar refractivity (Wildman–Crippen MR) is 40.1 cm³/mol. The number of nitrogens with zero attached hydrogens (tertiary/aromatic N) is 1. The number of carboxylic acids is 1. The van der Waals surface area contributed by atoms with Crippen LogP contribution in [0, 0.1) is 0 Å². The zero-order valence-corrected chi connectivity index (χ0v) is 6.77. The van der Waals surface area contributed by atoms with Gasteiger partial charge in [-0.2, -0.15) is 0 Å². The summed E-state index contributed by atoms with van der Waals surface area (Å²) < 4.78 is 4.98. The third kappa shape index (κ3) is 1.50. The summed E-state index contributed by atoms with van der Waals surface area (Å²) in [5, 5.41) is 8.58. The SMILES string of the molecule is CC1(C)N=C(C=O)[C@H](C(=O)O)O1. The van der Waals surface area contributed by atoms with Gasteiger partial charge in [0.25, 0.3) is 0 Å². The fourth-order valence-corrected chi connectivity index (χ4v) is 1.01. The standard InChI is InChI=1S/C7H9NO4/c1-7(2)8-4(3-9)5(12-7)6(10)11/h3,5H,1-2H3,(H,10,11)/t5-/m1/s1. The molecule has 0 saturated heterocycles. The Hall–Kier alpha value is -1.23. The molecule has 0 unspecified atom stereocenters. The van der Waals surface area contributed by atoms with Gasteiger partial charge < -0.3 is 9.84 Å². The molecule has 0 fully saturated rings. The molecule has 1 aliphatic heterocycles. The Morgan fingerprint density at radius 1 is 1.75 bits per heavy atom. The first kappa shape index (κ1) is 8.86. The highest BCUT2D eigenvalue weighted by molar-refractivity contribution is 6.35. The molecule has 0 amide bonds. The number of rotatable bonds is 2. The summed E-state index contributed by atoms with van der Waals surface area (Å²) in [6.45, 7) is 3.19. The molecular formula is C7H9NO4. The maximum absolute atomic E-state index is 10.5. The van der Waals surface area contributed by atoms with Gasteiger partial charge in [-0.05, 0) is 13.8 Å². The highest BCUT2D eigenvalue weighted by Gasteiger charge is 2.38. The Morgan fingerprint density at radius 3 is 2.67 bits per heavy atom. The molecule has 1 N–H and O–H groups in total. The minimum atomic E-state index is -1.21. The third-order valence-corrected chi connectivity index (χ3v) is 1.42. The van der Waals surface area contributed by atoms with E-state index in [1.165, 1.54) is 0 Å². The van der Waals surface area contributed by atoms with Crippen LogP contribution in [0.4, 0.5) is 0 Å². The van der Waals surface area contributed by atoms with Gasteiger partial charge in [0.05, 0.1) is 0 Å². The second kappa shape index (κ2) is 2.67. The molecular weight excluding hydrogens is 162 g/mol. The van der Waals surface area contributed by atoms with Gasteiger partial charge in [0, 0.05) is 0 Å². The van der Waals surface area contributed by atoms with Crippen molar-refractivity contribution >= 4 is 18.0 Å². The Bertz CT molecular complexity index is 256. The smallest absolute Gasteiger partial charge is 0.339 e. The van der Waals surface area contributed by atoms with Crippen molar-refractivity contribution < 1.29 is 19.4 Å². The van der Waals surface area contributed by atoms with Gasteiger partial charge in [0.15, 0.2) is 12.0 Å². The molecule has 0 aliphatic carbocycles. The van der Waals surface area contributed by atoms with Gasteiger partial charge in [-0.3, -0.25) is 4.79 Å². The lowest BCUT2D eigenvalue weighted by atomic mass is 10.2. The lowest BCUT2D eigenvalue weighted by molar-refractivity contribution is -0.150. The minimum Gasteiger partial charge on any atom is -0.479 e. The number of carbonyl (C=O) groups excluding carboxylic acids is 1. The van der Waals surface area contributed by atoms with Crippen LogP contribution >= 0.6 is 0 Å². The fourth-order valence-electron chi connectivity index (χ4n) is 1.01. The summed E-state index contributed by atoms with van der Waals surface area (Å²) in [6.07, 6.45) is -0.800. The molecule has 0 aromatic carbocycles. The molecule has 1 heterocycles. The number of hydrogen-bond donors (Lipinski definition) is 1. The van der Waals surface area contributed by atoms with Crippen molar-refractivity contribution in [2.24, 2.45) is 4.99 Å². The molecule has 66 valence electrons. The number of hydrogen-bond acceptors (Lipinski definition) is 4. The highest BCUT2D eigenvalue weighted by atomic mass is 16.6. The van der Waals surface area contributed by atoms with Crippen molar-refractivity contribution in [3.8, 4) is 0 Å². The van der Waals surface area contributed by atoms with E-state index in [0.717, 1.165) is 0 Å². The maximum Gasteiger partial charge on any atom is 0.339 e. The third-order valence-electron chi connectivity index (χ3n) is 1.42. The number of ether oxygens (including phenoxy) is 1. The summed E-state index contributed by atoms with van der Waals surface area (Å²) in [4.78, 5) is 24.6. The zero-order valence-electron chi connectivity index (χ0n) is 6.77. The van der Waals surface area contributed by atoms with Crippen molar-refractivity contribution in [1.82, 2.24) is 0 Å². The van der Waals surface area contributed by atoms with Gasteiger partial charge in [-0.15, -0.1) is 0 Å². The number of carboxylic acid groups (broad SMARTS) is 1. The van der Waals surface area contributed by atoms with E-state index in [1.807, 2.05) is 0 Å². The Morgan fingerprint density at radius 2 is 2.33 bits per heavy atom. The molecule has 1 rings (SSSR count). The summed E-state index contributed by atoms with van der Waals surface area (Å²) in [6, 6.07) is 0. The van der Waals surface area contributed by atoms with Crippen LogP contribution < -0.4 is 0 Å². The van der Waals surface area contributed by atoms with Gasteiger partial charge in [-0.1, -0.05) is 0 Å². The van der Waals surface area contributed by atoms with E-state index >= 15 is 0 Å². The van der Waals surface area contributed by atoms with E-state index in [0.29, 0.717) is 6.29 Å². The molecule has 5 nitrogen and oxygen atoms in total. The average molecular weight is 171 g/mol. The Kier molecular flexibility index (Phi) is 1.97. The molecule has 0 bridgehead atoms. The van der Waals surface area contributed by atoms with Gasteiger partial charge in [0.1, 0.15) is 5.71 Å². The highest BCUT2D eigenvalue weighted by Crippen LogP contribution is 2.22. The van der Waals surface area contributed by atoms with Gasteiger partial charge in [0.2, 0.25) is 6.10 Å². The van der Waals surface area contributed by atoms with Crippen LogP contribution in [0.25, 0.3) is 0 Å². The molecule has 0 aromatic rings. The van der Waals surface area contributed by atoms with Gasteiger partial charge >= 0.3 is 5.97 Å². The first-order chi connectivity index (χ1) is 5.46. The number of carbonyl (C=O) groups is 2. The number of aldehydes is 1.